The van der Waals surface area contributed by atoms with Crippen molar-refractivity contribution < 1.29 is 9.68 Å². The van der Waals surface area contributed by atoms with Crippen LogP contribution in [-0.4, -0.2) is 35.3 Å². The van der Waals surface area contributed by atoms with Crippen LogP contribution in [0, 0.1) is 0 Å². The van der Waals surface area contributed by atoms with E-state index in [1.54, 1.807) is 26.6 Å². The minimum Gasteiger partial charge on any atom is -0.276 e. The molecule has 2 aromatic rings. The van der Waals surface area contributed by atoms with Crippen LogP contribution in [0.4, 0.5) is 11.4 Å². The highest BCUT2D eigenvalue weighted by Crippen LogP contribution is 2.29. The Labute approximate surface area is 156 Å². The molecular weight excluding hydrogens is 328 g/mol. The first-order valence-electron chi connectivity index (χ1n) is 8.71. The fourth-order valence-corrected chi connectivity index (χ4v) is 3.20. The molecule has 0 aliphatic rings. The summed E-state index contributed by atoms with van der Waals surface area (Å²) in [6, 6.07) is 5.99. The third kappa shape index (κ3) is 4.71. The van der Waals surface area contributed by atoms with Gasteiger partial charge in [-0.25, -0.2) is 10.1 Å². The van der Waals surface area contributed by atoms with Crippen LogP contribution >= 0.6 is 0 Å². The zero-order valence-corrected chi connectivity index (χ0v) is 16.9. The Morgan fingerprint density at radius 1 is 0.846 bits per heavy atom. The largest absolute Gasteiger partial charge is 0.276 e. The second kappa shape index (κ2) is 8.01. The minimum atomic E-state index is -0.282. The number of pyridine rings is 2. The first kappa shape index (κ1) is 20.1. The second-order valence-corrected chi connectivity index (χ2v) is 7.87. The number of hydrogen-bond acceptors (Lipinski definition) is 6. The van der Waals surface area contributed by atoms with E-state index in [4.69, 9.17) is 9.68 Å². The number of nitrogens with zero attached hydrogens (tertiary/aromatic N) is 4. The van der Waals surface area contributed by atoms with Crippen molar-refractivity contribution in [1.29, 1.82) is 0 Å². The summed E-state index contributed by atoms with van der Waals surface area (Å²) in [6.07, 6.45) is 7.99. The van der Waals surface area contributed by atoms with Gasteiger partial charge in [0.1, 0.15) is 0 Å². The van der Waals surface area contributed by atoms with Gasteiger partial charge in [0.2, 0.25) is 0 Å². The van der Waals surface area contributed by atoms with Gasteiger partial charge in [0.05, 0.1) is 42.9 Å². The smallest absolute Gasteiger partial charge is 0.0828 e. The molecule has 2 aromatic heterocycles. The van der Waals surface area contributed by atoms with E-state index in [-0.39, 0.29) is 11.1 Å². The fourth-order valence-electron chi connectivity index (χ4n) is 3.20. The predicted molar refractivity (Wildman–Crippen MR) is 105 cm³/mol. The number of aromatic nitrogens is 2. The molecule has 0 spiro atoms. The number of hydrogen-bond donors (Lipinski definition) is 0. The Balaban J connectivity index is 2.28. The van der Waals surface area contributed by atoms with Gasteiger partial charge in [-0.1, -0.05) is 0 Å². The zero-order chi connectivity index (χ0) is 19.4. The molecule has 0 aliphatic carbocycles. The van der Waals surface area contributed by atoms with E-state index < -0.39 is 0 Å². The van der Waals surface area contributed by atoms with E-state index in [9.17, 15) is 0 Å². The van der Waals surface area contributed by atoms with E-state index in [0.29, 0.717) is 0 Å². The van der Waals surface area contributed by atoms with Crippen LogP contribution in [0.1, 0.15) is 40.2 Å². The van der Waals surface area contributed by atoms with E-state index in [1.807, 2.05) is 34.7 Å². The standard InChI is InChI=1S/C20H30N4O2/c1-19(2,3)23(25-6)18-12-16(14-22-15-18)13-20(4,5)24(26-7)17-8-10-21-11-9-17/h8-12,14-15H,13H2,1-7H3. The molecule has 2 rings (SSSR count). The van der Waals surface area contributed by atoms with Crippen molar-refractivity contribution in [1.82, 2.24) is 9.97 Å². The molecule has 0 fully saturated rings. The van der Waals surface area contributed by atoms with Crippen LogP contribution in [0.2, 0.25) is 0 Å². The molecule has 0 bridgehead atoms. The van der Waals surface area contributed by atoms with Gasteiger partial charge >= 0.3 is 0 Å². The Morgan fingerprint density at radius 2 is 1.46 bits per heavy atom. The molecule has 26 heavy (non-hydrogen) atoms. The molecule has 6 heteroatoms. The Kier molecular flexibility index (Phi) is 6.21. The van der Waals surface area contributed by atoms with Gasteiger partial charge in [-0.3, -0.25) is 19.6 Å². The monoisotopic (exact) mass is 358 g/mol. The van der Waals surface area contributed by atoms with E-state index >= 15 is 0 Å². The van der Waals surface area contributed by atoms with Crippen molar-refractivity contribution in [3.05, 3.63) is 48.5 Å². The normalized spacial score (nSPS) is 12.1. The summed E-state index contributed by atoms with van der Waals surface area (Å²) < 4.78 is 0. The quantitative estimate of drug-likeness (QED) is 0.697. The summed E-state index contributed by atoms with van der Waals surface area (Å²) in [4.78, 5) is 19.7. The van der Waals surface area contributed by atoms with Gasteiger partial charge in [-0.2, -0.15) is 0 Å². The first-order chi connectivity index (χ1) is 12.2. The summed E-state index contributed by atoms with van der Waals surface area (Å²) in [5.74, 6) is 0. The third-order valence-corrected chi connectivity index (χ3v) is 4.07. The molecule has 0 unspecified atom stereocenters. The van der Waals surface area contributed by atoms with Gasteiger partial charge in [0.25, 0.3) is 0 Å². The molecule has 0 saturated heterocycles. The topological polar surface area (TPSA) is 50.7 Å². The van der Waals surface area contributed by atoms with Gasteiger partial charge in [0, 0.05) is 18.6 Å². The molecule has 6 nitrogen and oxygen atoms in total. The van der Waals surface area contributed by atoms with Crippen molar-refractivity contribution in [2.24, 2.45) is 0 Å². The van der Waals surface area contributed by atoms with Crippen molar-refractivity contribution in [2.75, 3.05) is 24.3 Å². The molecule has 2 heterocycles. The Hall–Kier alpha value is -2.18. The number of anilines is 2. The maximum Gasteiger partial charge on any atom is 0.0828 e. The van der Waals surface area contributed by atoms with E-state index in [0.717, 1.165) is 23.4 Å². The lowest BCUT2D eigenvalue weighted by Gasteiger charge is -2.38. The minimum absolute atomic E-state index is 0.166. The van der Waals surface area contributed by atoms with Crippen molar-refractivity contribution in [3.63, 3.8) is 0 Å². The van der Waals surface area contributed by atoms with Gasteiger partial charge in [-0.05, 0) is 64.8 Å². The zero-order valence-electron chi connectivity index (χ0n) is 16.9. The summed E-state index contributed by atoms with van der Waals surface area (Å²) in [7, 11) is 3.36. The van der Waals surface area contributed by atoms with Gasteiger partial charge in [-0.15, -0.1) is 0 Å². The lowest BCUT2D eigenvalue weighted by atomic mass is 9.94. The highest BCUT2D eigenvalue weighted by atomic mass is 16.7. The van der Waals surface area contributed by atoms with Gasteiger partial charge in [0.15, 0.2) is 0 Å². The SMILES string of the molecule is CON(c1cncc(CC(C)(C)N(OC)c2ccncc2)c1)C(C)(C)C. The fraction of sp³-hybridized carbons (Fsp3) is 0.500. The molecule has 0 amide bonds. The molecule has 0 radical (unpaired) electrons. The lowest BCUT2D eigenvalue weighted by molar-refractivity contribution is 0.106. The van der Waals surface area contributed by atoms with Crippen LogP contribution < -0.4 is 10.1 Å². The molecule has 0 aromatic carbocycles. The molecule has 0 N–H and O–H groups in total. The average Bonchev–Trinajstić information content (AvgIpc) is 2.55. The van der Waals surface area contributed by atoms with Crippen LogP contribution in [0.3, 0.4) is 0 Å². The summed E-state index contributed by atoms with van der Waals surface area (Å²) in [6.45, 7) is 10.6. The molecule has 0 aliphatic heterocycles. The summed E-state index contributed by atoms with van der Waals surface area (Å²) in [5.41, 5.74) is 2.55. The average molecular weight is 358 g/mol. The highest BCUT2D eigenvalue weighted by Gasteiger charge is 2.29. The summed E-state index contributed by atoms with van der Waals surface area (Å²) >= 11 is 0. The highest BCUT2D eigenvalue weighted by molar-refractivity contribution is 5.48. The van der Waals surface area contributed by atoms with Crippen molar-refractivity contribution >= 4 is 11.4 Å². The maximum absolute atomic E-state index is 5.68. The maximum atomic E-state index is 5.68. The molecule has 0 saturated carbocycles. The van der Waals surface area contributed by atoms with Crippen molar-refractivity contribution in [3.8, 4) is 0 Å². The van der Waals surface area contributed by atoms with Gasteiger partial charge < -0.3 is 0 Å². The Bertz CT molecular complexity index is 698. The Morgan fingerprint density at radius 3 is 2.00 bits per heavy atom. The second-order valence-electron chi connectivity index (χ2n) is 7.87. The summed E-state index contributed by atoms with van der Waals surface area (Å²) in [5, 5.41) is 3.77. The van der Waals surface area contributed by atoms with Crippen molar-refractivity contribution in [2.45, 2.75) is 52.1 Å². The van der Waals surface area contributed by atoms with Crippen LogP contribution in [0.15, 0.2) is 43.0 Å². The van der Waals surface area contributed by atoms with Crippen LogP contribution in [0.5, 0.6) is 0 Å². The van der Waals surface area contributed by atoms with Crippen LogP contribution in [0.25, 0.3) is 0 Å². The third-order valence-electron chi connectivity index (χ3n) is 4.07. The van der Waals surface area contributed by atoms with E-state index in [2.05, 4.69) is 50.7 Å². The number of hydroxylamine groups is 2. The first-order valence-corrected chi connectivity index (χ1v) is 8.71. The molecule has 142 valence electrons. The lowest BCUT2D eigenvalue weighted by Crippen LogP contribution is -2.45. The molecule has 0 atom stereocenters. The van der Waals surface area contributed by atoms with E-state index in [1.165, 1.54) is 0 Å². The molecular formula is C20H30N4O2. The number of rotatable bonds is 7. The van der Waals surface area contributed by atoms with Crippen LogP contribution in [-0.2, 0) is 16.1 Å². The predicted octanol–water partition coefficient (Wildman–Crippen LogP) is 4.03.